The number of hydrogen-bond acceptors (Lipinski definition) is 4. The molecule has 0 aliphatic carbocycles. The minimum Gasteiger partial charge on any atom is -0.273 e. The van der Waals surface area contributed by atoms with Gasteiger partial charge in [0, 0.05) is 0 Å². The van der Waals surface area contributed by atoms with E-state index in [-0.39, 0.29) is 23.6 Å². The molecule has 4 amide bonds. The SMILES string of the molecule is CCC1(CC)C(=O)N(c2ccc(N3C(=O)C(CC)(CC)C3=O)cc2)C1=O. The molecule has 2 heterocycles. The first-order valence-electron chi connectivity index (χ1n) is 9.22. The highest BCUT2D eigenvalue weighted by molar-refractivity contribution is 6.37. The smallest absolute Gasteiger partial charge is 0.249 e. The van der Waals surface area contributed by atoms with E-state index in [4.69, 9.17) is 0 Å². The van der Waals surface area contributed by atoms with Gasteiger partial charge in [-0.25, -0.2) is 9.80 Å². The molecule has 1 aromatic rings. The lowest BCUT2D eigenvalue weighted by Crippen LogP contribution is -2.66. The zero-order valence-electron chi connectivity index (χ0n) is 15.7. The van der Waals surface area contributed by atoms with Gasteiger partial charge in [-0.3, -0.25) is 19.2 Å². The van der Waals surface area contributed by atoms with Crippen LogP contribution in [-0.4, -0.2) is 23.6 Å². The predicted molar refractivity (Wildman–Crippen MR) is 97.5 cm³/mol. The molecule has 0 radical (unpaired) electrons. The lowest BCUT2D eigenvalue weighted by atomic mass is 9.72. The van der Waals surface area contributed by atoms with E-state index in [0.717, 1.165) is 0 Å². The van der Waals surface area contributed by atoms with Crippen molar-refractivity contribution in [1.82, 2.24) is 0 Å². The van der Waals surface area contributed by atoms with Crippen LogP contribution in [0.4, 0.5) is 11.4 Å². The number of amides is 4. The highest BCUT2D eigenvalue weighted by atomic mass is 16.2. The molecule has 0 aromatic heterocycles. The minimum absolute atomic E-state index is 0.188. The number of carbonyl (C=O) groups excluding carboxylic acids is 4. The van der Waals surface area contributed by atoms with Gasteiger partial charge in [-0.05, 0) is 49.9 Å². The number of imide groups is 2. The van der Waals surface area contributed by atoms with Crippen LogP contribution in [0.5, 0.6) is 0 Å². The zero-order chi connectivity index (χ0) is 19.3. The summed E-state index contributed by atoms with van der Waals surface area (Å²) in [5.41, 5.74) is -0.855. The fourth-order valence-corrected chi connectivity index (χ4v) is 4.05. The number of rotatable bonds is 6. The maximum absolute atomic E-state index is 12.5. The summed E-state index contributed by atoms with van der Waals surface area (Å²) in [4.78, 5) is 52.3. The summed E-state index contributed by atoms with van der Waals surface area (Å²) in [6.07, 6.45) is 1.95. The third-order valence-corrected chi connectivity index (χ3v) is 6.23. The molecular formula is C20H24N2O4. The van der Waals surface area contributed by atoms with Crippen molar-refractivity contribution in [3.63, 3.8) is 0 Å². The van der Waals surface area contributed by atoms with Gasteiger partial charge in [0.15, 0.2) is 0 Å². The van der Waals surface area contributed by atoms with E-state index >= 15 is 0 Å². The van der Waals surface area contributed by atoms with Gasteiger partial charge in [0.25, 0.3) is 0 Å². The molecule has 26 heavy (non-hydrogen) atoms. The first-order valence-corrected chi connectivity index (χ1v) is 9.22. The molecule has 1 aromatic carbocycles. The van der Waals surface area contributed by atoms with Crippen molar-refractivity contribution < 1.29 is 19.2 Å². The Bertz CT molecular complexity index is 686. The topological polar surface area (TPSA) is 74.8 Å². The third-order valence-electron chi connectivity index (χ3n) is 6.23. The number of anilines is 2. The Labute approximate surface area is 153 Å². The van der Waals surface area contributed by atoms with Gasteiger partial charge in [-0.2, -0.15) is 0 Å². The van der Waals surface area contributed by atoms with E-state index in [1.54, 1.807) is 24.3 Å². The summed E-state index contributed by atoms with van der Waals surface area (Å²) < 4.78 is 0. The van der Waals surface area contributed by atoms with Crippen LogP contribution in [-0.2, 0) is 19.2 Å². The largest absolute Gasteiger partial charge is 0.273 e. The number of nitrogens with zero attached hydrogens (tertiary/aromatic N) is 2. The van der Waals surface area contributed by atoms with Crippen molar-refractivity contribution >= 4 is 35.0 Å². The highest BCUT2D eigenvalue weighted by Gasteiger charge is 2.60. The van der Waals surface area contributed by atoms with E-state index in [2.05, 4.69) is 0 Å². The van der Waals surface area contributed by atoms with E-state index in [1.165, 1.54) is 9.80 Å². The molecule has 2 aliphatic heterocycles. The number of benzene rings is 1. The zero-order valence-corrected chi connectivity index (χ0v) is 15.7. The molecule has 0 spiro atoms. The Kier molecular flexibility index (Phi) is 4.25. The van der Waals surface area contributed by atoms with Crippen molar-refractivity contribution in [2.75, 3.05) is 9.80 Å². The third kappa shape index (κ3) is 1.98. The van der Waals surface area contributed by atoms with E-state index in [0.29, 0.717) is 37.1 Å². The molecule has 138 valence electrons. The molecule has 0 bridgehead atoms. The Morgan fingerprint density at radius 1 is 0.577 bits per heavy atom. The molecule has 2 saturated heterocycles. The second-order valence-corrected chi connectivity index (χ2v) is 6.99. The predicted octanol–water partition coefficient (Wildman–Crippen LogP) is 3.05. The maximum Gasteiger partial charge on any atom is 0.249 e. The van der Waals surface area contributed by atoms with Crippen molar-refractivity contribution in [3.8, 4) is 0 Å². The molecule has 2 fully saturated rings. The number of hydrogen-bond donors (Lipinski definition) is 0. The molecule has 3 rings (SSSR count). The summed E-state index contributed by atoms with van der Waals surface area (Å²) in [5.74, 6) is -0.751. The second kappa shape index (κ2) is 6.04. The second-order valence-electron chi connectivity index (χ2n) is 6.99. The van der Waals surface area contributed by atoms with Crippen LogP contribution >= 0.6 is 0 Å². The summed E-state index contributed by atoms with van der Waals surface area (Å²) >= 11 is 0. The Morgan fingerprint density at radius 2 is 0.808 bits per heavy atom. The molecule has 0 saturated carbocycles. The number of β-lactam (4-membered cyclic amide) rings is 4. The van der Waals surface area contributed by atoms with Crippen LogP contribution in [0, 0.1) is 10.8 Å². The Hall–Kier alpha value is -2.50. The van der Waals surface area contributed by atoms with E-state index < -0.39 is 10.8 Å². The standard InChI is InChI=1S/C20H24N2O4/c1-5-19(6-2)15(23)21(16(19)24)13-9-11-14(12-10-13)22-17(25)20(7-3,8-4)18(22)26/h9-12H,5-8H2,1-4H3. The van der Waals surface area contributed by atoms with Crippen LogP contribution in [0.3, 0.4) is 0 Å². The highest BCUT2D eigenvalue weighted by Crippen LogP contribution is 2.45. The van der Waals surface area contributed by atoms with Crippen molar-refractivity contribution in [1.29, 1.82) is 0 Å². The average Bonchev–Trinajstić information content (AvgIpc) is 2.66. The molecule has 2 aliphatic rings. The van der Waals surface area contributed by atoms with E-state index in [1.807, 2.05) is 27.7 Å². The first-order chi connectivity index (χ1) is 12.3. The molecule has 0 unspecified atom stereocenters. The maximum atomic E-state index is 12.5. The molecular weight excluding hydrogens is 332 g/mol. The normalized spacial score (nSPS) is 20.9. The summed E-state index contributed by atoms with van der Waals surface area (Å²) in [6, 6.07) is 6.44. The molecule has 0 atom stereocenters. The average molecular weight is 356 g/mol. The van der Waals surface area contributed by atoms with Gasteiger partial charge in [0.05, 0.1) is 11.4 Å². The van der Waals surface area contributed by atoms with E-state index in [9.17, 15) is 19.2 Å². The molecule has 6 nitrogen and oxygen atoms in total. The van der Waals surface area contributed by atoms with Crippen molar-refractivity contribution in [2.24, 2.45) is 10.8 Å². The van der Waals surface area contributed by atoms with Gasteiger partial charge in [-0.1, -0.05) is 27.7 Å². The lowest BCUT2D eigenvalue weighted by molar-refractivity contribution is -0.154. The van der Waals surface area contributed by atoms with Crippen molar-refractivity contribution in [3.05, 3.63) is 24.3 Å². The van der Waals surface area contributed by atoms with Crippen molar-refractivity contribution in [2.45, 2.75) is 53.4 Å². The summed E-state index contributed by atoms with van der Waals surface area (Å²) in [7, 11) is 0. The lowest BCUT2D eigenvalue weighted by Gasteiger charge is -2.46. The minimum atomic E-state index is -0.899. The Morgan fingerprint density at radius 3 is 1.00 bits per heavy atom. The van der Waals surface area contributed by atoms with Crippen LogP contribution in [0.15, 0.2) is 24.3 Å². The molecule has 6 heteroatoms. The van der Waals surface area contributed by atoms with Gasteiger partial charge in [0.1, 0.15) is 10.8 Å². The molecule has 0 N–H and O–H groups in total. The van der Waals surface area contributed by atoms with Gasteiger partial charge < -0.3 is 0 Å². The summed E-state index contributed by atoms with van der Waals surface area (Å²) in [6.45, 7) is 7.37. The van der Waals surface area contributed by atoms with Gasteiger partial charge >= 0.3 is 0 Å². The van der Waals surface area contributed by atoms with Gasteiger partial charge in [0.2, 0.25) is 23.6 Å². The van der Waals surface area contributed by atoms with Crippen LogP contribution in [0.25, 0.3) is 0 Å². The fourth-order valence-electron chi connectivity index (χ4n) is 4.05. The fraction of sp³-hybridized carbons (Fsp3) is 0.500. The van der Waals surface area contributed by atoms with Crippen LogP contribution in [0.2, 0.25) is 0 Å². The van der Waals surface area contributed by atoms with Gasteiger partial charge in [-0.15, -0.1) is 0 Å². The Balaban J connectivity index is 1.82. The monoisotopic (exact) mass is 356 g/mol. The number of carbonyl (C=O) groups is 4. The summed E-state index contributed by atoms with van der Waals surface area (Å²) in [5, 5.41) is 0. The van der Waals surface area contributed by atoms with Crippen LogP contribution < -0.4 is 9.80 Å². The first kappa shape index (κ1) is 18.3. The quantitative estimate of drug-likeness (QED) is 0.580. The van der Waals surface area contributed by atoms with Crippen LogP contribution in [0.1, 0.15) is 53.4 Å².